The zero-order chi connectivity index (χ0) is 20.2. The van der Waals surface area contributed by atoms with Crippen molar-refractivity contribution in [3.05, 3.63) is 35.9 Å². The first-order chi connectivity index (χ1) is 13.6. The number of aliphatic imine (C=N–C) groups is 1. The predicted molar refractivity (Wildman–Crippen MR) is 114 cm³/mol. The summed E-state index contributed by atoms with van der Waals surface area (Å²) >= 11 is 0. The van der Waals surface area contributed by atoms with E-state index in [9.17, 15) is 4.79 Å². The van der Waals surface area contributed by atoms with E-state index >= 15 is 0 Å². The molecule has 3 N–H and O–H groups in total. The van der Waals surface area contributed by atoms with Crippen LogP contribution in [-0.4, -0.2) is 75.8 Å². The fraction of sp³-hybridized carbons (Fsp3) is 0.619. The number of hydrogen-bond donors (Lipinski definition) is 3. The van der Waals surface area contributed by atoms with E-state index in [0.717, 1.165) is 45.2 Å². The lowest BCUT2D eigenvalue weighted by molar-refractivity contribution is 0.0132. The Kier molecular flexibility index (Phi) is 9.79. The van der Waals surface area contributed by atoms with Crippen molar-refractivity contribution in [1.82, 2.24) is 20.9 Å². The maximum Gasteiger partial charge on any atom is 0.251 e. The Morgan fingerprint density at radius 3 is 2.43 bits per heavy atom. The third-order valence-electron chi connectivity index (χ3n) is 4.77. The van der Waals surface area contributed by atoms with Crippen molar-refractivity contribution in [1.29, 1.82) is 0 Å². The summed E-state index contributed by atoms with van der Waals surface area (Å²) in [6, 6.07) is 9.70. The Labute approximate surface area is 168 Å². The Bertz CT molecular complexity index is 600. The Hall–Kier alpha value is -2.12. The molecule has 0 bridgehead atoms. The average Bonchev–Trinajstić information content (AvgIpc) is 2.73. The molecule has 0 saturated carbocycles. The fourth-order valence-corrected chi connectivity index (χ4v) is 3.33. The average molecular weight is 390 g/mol. The minimum Gasteiger partial charge on any atom is -0.379 e. The van der Waals surface area contributed by atoms with Crippen molar-refractivity contribution >= 4 is 11.9 Å². The molecule has 0 radical (unpaired) electrons. The highest BCUT2D eigenvalue weighted by Gasteiger charge is 2.22. The van der Waals surface area contributed by atoms with E-state index in [4.69, 9.17) is 4.74 Å². The second-order valence-corrected chi connectivity index (χ2v) is 7.43. The molecule has 1 heterocycles. The van der Waals surface area contributed by atoms with Crippen molar-refractivity contribution in [3.63, 3.8) is 0 Å². The van der Waals surface area contributed by atoms with Gasteiger partial charge in [0.25, 0.3) is 5.91 Å². The van der Waals surface area contributed by atoms with E-state index in [0.29, 0.717) is 30.6 Å². The zero-order valence-corrected chi connectivity index (χ0v) is 17.4. The molecule has 7 nitrogen and oxygen atoms in total. The molecule has 156 valence electrons. The molecule has 0 spiro atoms. The maximum absolute atomic E-state index is 12.1. The first-order valence-electron chi connectivity index (χ1n) is 10.2. The Morgan fingerprint density at radius 1 is 1.11 bits per heavy atom. The first-order valence-corrected chi connectivity index (χ1v) is 10.2. The van der Waals surface area contributed by atoms with Crippen LogP contribution in [0, 0.1) is 5.92 Å². The summed E-state index contributed by atoms with van der Waals surface area (Å²) in [4.78, 5) is 18.9. The number of carbonyl (C=O) groups excluding carboxylic acids is 1. The van der Waals surface area contributed by atoms with E-state index in [1.54, 1.807) is 7.05 Å². The van der Waals surface area contributed by atoms with E-state index in [-0.39, 0.29) is 5.91 Å². The van der Waals surface area contributed by atoms with Crippen LogP contribution in [0.1, 0.15) is 30.6 Å². The number of guanidine groups is 1. The summed E-state index contributed by atoms with van der Waals surface area (Å²) in [7, 11) is 1.77. The van der Waals surface area contributed by atoms with E-state index in [2.05, 4.69) is 39.7 Å². The van der Waals surface area contributed by atoms with Crippen molar-refractivity contribution in [2.75, 3.05) is 53.0 Å². The molecule has 1 saturated heterocycles. The van der Waals surface area contributed by atoms with Gasteiger partial charge in [0.15, 0.2) is 5.96 Å². The van der Waals surface area contributed by atoms with Crippen LogP contribution in [0.4, 0.5) is 0 Å². The van der Waals surface area contributed by atoms with Gasteiger partial charge in [0.2, 0.25) is 0 Å². The third kappa shape index (κ3) is 7.86. The standard InChI is InChI=1S/C21H35N5O2/c1-17(2)15-19(26-11-13-28-14-12-26)16-25-21(22-3)24-10-9-23-20(27)18-7-5-4-6-8-18/h4-8,17,19H,9-16H2,1-3H3,(H,23,27)(H2,22,24,25). The monoisotopic (exact) mass is 389 g/mol. The van der Waals surface area contributed by atoms with Crippen LogP contribution in [-0.2, 0) is 4.74 Å². The minimum atomic E-state index is -0.0605. The fourth-order valence-electron chi connectivity index (χ4n) is 3.33. The molecule has 1 fully saturated rings. The van der Waals surface area contributed by atoms with Gasteiger partial charge in [-0.25, -0.2) is 0 Å². The lowest BCUT2D eigenvalue weighted by atomic mass is 10.0. The highest BCUT2D eigenvalue weighted by molar-refractivity contribution is 5.94. The van der Waals surface area contributed by atoms with Crippen LogP contribution in [0.5, 0.6) is 0 Å². The molecule has 7 heteroatoms. The number of amides is 1. The SMILES string of the molecule is CN=C(NCCNC(=O)c1ccccc1)NCC(CC(C)C)N1CCOCC1. The van der Waals surface area contributed by atoms with Gasteiger partial charge in [-0.05, 0) is 24.5 Å². The quantitative estimate of drug-likeness (QED) is 0.337. The van der Waals surface area contributed by atoms with Crippen LogP contribution in [0.15, 0.2) is 35.3 Å². The van der Waals surface area contributed by atoms with E-state index < -0.39 is 0 Å². The van der Waals surface area contributed by atoms with Gasteiger partial charge >= 0.3 is 0 Å². The van der Waals surface area contributed by atoms with Gasteiger partial charge in [0, 0.05) is 51.4 Å². The third-order valence-corrected chi connectivity index (χ3v) is 4.77. The molecule has 1 aromatic rings. The lowest BCUT2D eigenvalue weighted by Gasteiger charge is -2.35. The number of morpholine rings is 1. The number of nitrogens with one attached hydrogen (secondary N) is 3. The molecule has 1 atom stereocenters. The van der Waals surface area contributed by atoms with Crippen LogP contribution in [0.3, 0.4) is 0 Å². The minimum absolute atomic E-state index is 0.0605. The lowest BCUT2D eigenvalue weighted by Crippen LogP contribution is -2.51. The van der Waals surface area contributed by atoms with Crippen molar-refractivity contribution < 1.29 is 9.53 Å². The number of rotatable bonds is 9. The largest absolute Gasteiger partial charge is 0.379 e. The van der Waals surface area contributed by atoms with Gasteiger partial charge in [-0.3, -0.25) is 14.7 Å². The maximum atomic E-state index is 12.1. The van der Waals surface area contributed by atoms with Crippen LogP contribution >= 0.6 is 0 Å². The number of hydrogen-bond acceptors (Lipinski definition) is 4. The van der Waals surface area contributed by atoms with Crippen molar-refractivity contribution in [2.45, 2.75) is 26.3 Å². The topological polar surface area (TPSA) is 78.0 Å². The van der Waals surface area contributed by atoms with Crippen LogP contribution < -0.4 is 16.0 Å². The molecule has 2 rings (SSSR count). The second kappa shape index (κ2) is 12.4. The first kappa shape index (κ1) is 22.2. The summed E-state index contributed by atoms with van der Waals surface area (Å²) in [6.45, 7) is 10.1. The van der Waals surface area contributed by atoms with Gasteiger partial charge in [-0.1, -0.05) is 32.0 Å². The van der Waals surface area contributed by atoms with Gasteiger partial charge in [0.1, 0.15) is 0 Å². The number of nitrogens with zero attached hydrogens (tertiary/aromatic N) is 2. The number of benzene rings is 1. The highest BCUT2D eigenvalue weighted by atomic mass is 16.5. The van der Waals surface area contributed by atoms with E-state index in [1.807, 2.05) is 30.3 Å². The van der Waals surface area contributed by atoms with Gasteiger partial charge < -0.3 is 20.7 Å². The van der Waals surface area contributed by atoms with Crippen molar-refractivity contribution in [3.8, 4) is 0 Å². The van der Waals surface area contributed by atoms with Crippen LogP contribution in [0.2, 0.25) is 0 Å². The number of carbonyl (C=O) groups is 1. The molecule has 0 aliphatic carbocycles. The van der Waals surface area contributed by atoms with E-state index in [1.165, 1.54) is 0 Å². The molecular weight excluding hydrogens is 354 g/mol. The summed E-state index contributed by atoms with van der Waals surface area (Å²) in [5.74, 6) is 1.34. The van der Waals surface area contributed by atoms with Gasteiger partial charge in [-0.2, -0.15) is 0 Å². The molecule has 1 aliphatic rings. The Morgan fingerprint density at radius 2 is 1.79 bits per heavy atom. The second-order valence-electron chi connectivity index (χ2n) is 7.43. The molecule has 1 unspecified atom stereocenters. The summed E-state index contributed by atoms with van der Waals surface area (Å²) < 4.78 is 5.49. The molecule has 28 heavy (non-hydrogen) atoms. The summed E-state index contributed by atoms with van der Waals surface area (Å²) in [6.07, 6.45) is 1.14. The smallest absolute Gasteiger partial charge is 0.251 e. The highest BCUT2D eigenvalue weighted by Crippen LogP contribution is 2.12. The molecular formula is C21H35N5O2. The molecule has 0 aromatic heterocycles. The number of ether oxygens (including phenoxy) is 1. The molecule has 1 aromatic carbocycles. The zero-order valence-electron chi connectivity index (χ0n) is 17.4. The van der Waals surface area contributed by atoms with Gasteiger partial charge in [0.05, 0.1) is 13.2 Å². The summed E-state index contributed by atoms with van der Waals surface area (Å²) in [5, 5.41) is 9.62. The van der Waals surface area contributed by atoms with Gasteiger partial charge in [-0.15, -0.1) is 0 Å². The van der Waals surface area contributed by atoms with Crippen LogP contribution in [0.25, 0.3) is 0 Å². The summed E-state index contributed by atoms with van der Waals surface area (Å²) in [5.41, 5.74) is 0.673. The molecule has 1 amide bonds. The normalized spacial score (nSPS) is 16.6. The predicted octanol–water partition coefficient (Wildman–Crippen LogP) is 1.33. The Balaban J connectivity index is 1.72. The van der Waals surface area contributed by atoms with Crippen molar-refractivity contribution in [2.24, 2.45) is 10.9 Å². The molecule has 1 aliphatic heterocycles.